The molecule has 1 fully saturated rings. The van der Waals surface area contributed by atoms with Crippen molar-refractivity contribution >= 4 is 29.0 Å². The molecule has 3 N–H and O–H groups in total. The Morgan fingerprint density at radius 3 is 2.70 bits per heavy atom. The predicted octanol–water partition coefficient (Wildman–Crippen LogP) is 2.18. The Kier molecular flexibility index (Phi) is 4.93. The number of methoxy groups -OCH3 is 1. The van der Waals surface area contributed by atoms with Crippen molar-refractivity contribution in [2.75, 3.05) is 24.7 Å². The number of halogens is 1. The fourth-order valence-electron chi connectivity index (χ4n) is 3.29. The highest BCUT2D eigenvalue weighted by molar-refractivity contribution is 6.00. The van der Waals surface area contributed by atoms with Gasteiger partial charge < -0.3 is 20.7 Å². The number of hydrogen-bond donors (Lipinski definition) is 3. The molecule has 11 nitrogen and oxygen atoms in total. The van der Waals surface area contributed by atoms with Crippen LogP contribution in [-0.2, 0) is 11.8 Å². The van der Waals surface area contributed by atoms with Crippen LogP contribution in [-0.4, -0.2) is 51.1 Å². The molecule has 1 aliphatic rings. The van der Waals surface area contributed by atoms with Crippen LogP contribution in [0.25, 0.3) is 11.3 Å². The van der Waals surface area contributed by atoms with Crippen LogP contribution in [0, 0.1) is 18.7 Å². The SMILES string of the molecule is [2H]C([2H])([2H])NC(=O)c1nnc(NC(=O)C2CC2)cc1Nc1cc(F)c(C)c(-c2cnn(C)n2)c1OC. The highest BCUT2D eigenvalue weighted by Crippen LogP contribution is 2.41. The summed E-state index contributed by atoms with van der Waals surface area (Å²) >= 11 is 0. The molecule has 2 aromatic heterocycles. The van der Waals surface area contributed by atoms with Crippen LogP contribution in [0.5, 0.6) is 5.75 Å². The average molecular weight is 457 g/mol. The molecule has 4 rings (SSSR count). The summed E-state index contributed by atoms with van der Waals surface area (Å²) in [7, 11) is 2.99. The number of ether oxygens (including phenoxy) is 1. The fourth-order valence-corrected chi connectivity index (χ4v) is 3.29. The van der Waals surface area contributed by atoms with Gasteiger partial charge in [0, 0.05) is 36.2 Å². The summed E-state index contributed by atoms with van der Waals surface area (Å²) in [6.45, 7) is -1.23. The Balaban J connectivity index is 1.79. The molecular weight excluding hydrogens is 431 g/mol. The van der Waals surface area contributed by atoms with E-state index in [2.05, 4.69) is 31.0 Å². The fraction of sp³-hybridized carbons (Fsp3) is 0.333. The molecule has 0 atom stereocenters. The van der Waals surface area contributed by atoms with E-state index < -0.39 is 18.7 Å². The highest BCUT2D eigenvalue weighted by atomic mass is 19.1. The molecule has 3 aromatic rings. The van der Waals surface area contributed by atoms with Crippen LogP contribution in [0.1, 0.15) is 33.0 Å². The molecule has 1 aliphatic carbocycles. The number of carbonyl (C=O) groups is 2. The standard InChI is InChI=1S/C21H23FN8O3/c1-10-12(22)7-14(19(33-4)17(10)15-9-24-30(3)29-15)25-13-8-16(26-20(31)11-5-6-11)27-28-18(13)21(32)23-2/h7-9,11H,5-6H2,1-4H3,(H,23,32)(H2,25,26,27,31)/i2D3. The van der Waals surface area contributed by atoms with E-state index in [-0.39, 0.29) is 46.0 Å². The number of anilines is 3. The monoisotopic (exact) mass is 457 g/mol. The molecule has 0 saturated heterocycles. The van der Waals surface area contributed by atoms with Crippen LogP contribution in [0.15, 0.2) is 18.3 Å². The molecule has 0 spiro atoms. The van der Waals surface area contributed by atoms with Crippen molar-refractivity contribution in [3.63, 3.8) is 0 Å². The van der Waals surface area contributed by atoms with Gasteiger partial charge in [-0.1, -0.05) is 0 Å². The number of carbonyl (C=O) groups excluding carboxylic acids is 2. The number of nitrogens with one attached hydrogen (secondary N) is 3. The van der Waals surface area contributed by atoms with Gasteiger partial charge in [-0.25, -0.2) is 4.39 Å². The first-order valence-corrected chi connectivity index (χ1v) is 9.98. The predicted molar refractivity (Wildman–Crippen MR) is 118 cm³/mol. The van der Waals surface area contributed by atoms with Crippen molar-refractivity contribution in [3.8, 4) is 17.0 Å². The van der Waals surface area contributed by atoms with E-state index in [1.54, 1.807) is 14.0 Å². The first-order valence-electron chi connectivity index (χ1n) is 11.5. The zero-order valence-electron chi connectivity index (χ0n) is 21.1. The van der Waals surface area contributed by atoms with Crippen LogP contribution >= 0.6 is 0 Å². The molecule has 0 bridgehead atoms. The van der Waals surface area contributed by atoms with E-state index in [1.165, 1.54) is 24.2 Å². The number of nitrogens with zero attached hydrogens (tertiary/aromatic N) is 5. The second-order valence-corrected chi connectivity index (χ2v) is 7.49. The van der Waals surface area contributed by atoms with Crippen LogP contribution in [0.4, 0.5) is 21.6 Å². The zero-order valence-corrected chi connectivity index (χ0v) is 18.1. The number of hydrogen-bond acceptors (Lipinski definition) is 8. The van der Waals surface area contributed by atoms with E-state index >= 15 is 0 Å². The summed E-state index contributed by atoms with van der Waals surface area (Å²) in [5.41, 5.74) is 0.593. The van der Waals surface area contributed by atoms with Gasteiger partial charge in [0.1, 0.15) is 11.5 Å². The molecule has 1 saturated carbocycles. The quantitative estimate of drug-likeness (QED) is 0.491. The minimum atomic E-state index is -2.79. The molecule has 2 heterocycles. The molecule has 12 heteroatoms. The maximum Gasteiger partial charge on any atom is 0.273 e. The summed E-state index contributed by atoms with van der Waals surface area (Å²) in [5.74, 6) is -1.80. The summed E-state index contributed by atoms with van der Waals surface area (Å²) in [5, 5.41) is 23.2. The lowest BCUT2D eigenvalue weighted by Crippen LogP contribution is -2.22. The third-order valence-electron chi connectivity index (χ3n) is 5.13. The highest BCUT2D eigenvalue weighted by Gasteiger charge is 2.30. The molecule has 0 radical (unpaired) electrons. The third-order valence-corrected chi connectivity index (χ3v) is 5.13. The lowest BCUT2D eigenvalue weighted by molar-refractivity contribution is -0.117. The van der Waals surface area contributed by atoms with Gasteiger partial charge >= 0.3 is 0 Å². The molecule has 33 heavy (non-hydrogen) atoms. The van der Waals surface area contributed by atoms with Gasteiger partial charge in [-0.2, -0.15) is 15.0 Å². The van der Waals surface area contributed by atoms with Gasteiger partial charge in [-0.3, -0.25) is 9.59 Å². The number of rotatable bonds is 7. The van der Waals surface area contributed by atoms with Crippen molar-refractivity contribution in [1.29, 1.82) is 0 Å². The summed E-state index contributed by atoms with van der Waals surface area (Å²) in [4.78, 5) is 26.2. The van der Waals surface area contributed by atoms with Crippen molar-refractivity contribution in [2.24, 2.45) is 13.0 Å². The van der Waals surface area contributed by atoms with Gasteiger partial charge in [0.25, 0.3) is 5.91 Å². The maximum absolute atomic E-state index is 15.0. The first kappa shape index (κ1) is 18.5. The van der Waals surface area contributed by atoms with Crippen molar-refractivity contribution < 1.29 is 22.8 Å². The summed E-state index contributed by atoms with van der Waals surface area (Å²) in [6, 6.07) is 2.46. The second kappa shape index (κ2) is 8.81. The Labute approximate surface area is 192 Å². The van der Waals surface area contributed by atoms with Crippen molar-refractivity contribution in [2.45, 2.75) is 19.8 Å². The normalized spacial score (nSPS) is 14.6. The number of amides is 2. The molecule has 1 aromatic carbocycles. The first-order chi connectivity index (χ1) is 17.0. The van der Waals surface area contributed by atoms with E-state index in [0.717, 1.165) is 18.9 Å². The minimum absolute atomic E-state index is 0.0283. The number of benzene rings is 1. The van der Waals surface area contributed by atoms with E-state index in [1.807, 2.05) is 5.32 Å². The van der Waals surface area contributed by atoms with Crippen LogP contribution in [0.3, 0.4) is 0 Å². The largest absolute Gasteiger partial charge is 0.494 e. The summed E-state index contributed by atoms with van der Waals surface area (Å²) in [6.07, 6.45) is 2.96. The Morgan fingerprint density at radius 1 is 1.27 bits per heavy atom. The van der Waals surface area contributed by atoms with E-state index in [0.29, 0.717) is 11.3 Å². The molecule has 0 aliphatic heterocycles. The van der Waals surface area contributed by atoms with Crippen LogP contribution in [0.2, 0.25) is 0 Å². The lowest BCUT2D eigenvalue weighted by Gasteiger charge is -2.18. The Morgan fingerprint density at radius 2 is 2.06 bits per heavy atom. The van der Waals surface area contributed by atoms with E-state index in [9.17, 15) is 14.0 Å². The molecule has 2 amide bonds. The molecular formula is C21H23FN8O3. The van der Waals surface area contributed by atoms with Gasteiger partial charge in [0.2, 0.25) is 5.91 Å². The summed E-state index contributed by atoms with van der Waals surface area (Å²) < 4.78 is 42.5. The van der Waals surface area contributed by atoms with Crippen molar-refractivity contribution in [1.82, 2.24) is 30.5 Å². The number of aryl methyl sites for hydroxylation is 1. The average Bonchev–Trinajstić information content (AvgIpc) is 3.56. The lowest BCUT2D eigenvalue weighted by atomic mass is 10.0. The second-order valence-electron chi connectivity index (χ2n) is 7.49. The zero-order chi connectivity index (χ0) is 26.2. The maximum atomic E-state index is 15.0. The Hall–Kier alpha value is -4.09. The van der Waals surface area contributed by atoms with Gasteiger partial charge in [0.05, 0.1) is 30.2 Å². The van der Waals surface area contributed by atoms with Gasteiger partial charge in [-0.15, -0.1) is 10.2 Å². The van der Waals surface area contributed by atoms with E-state index in [4.69, 9.17) is 8.85 Å². The van der Waals surface area contributed by atoms with Crippen LogP contribution < -0.4 is 20.7 Å². The van der Waals surface area contributed by atoms with Gasteiger partial charge in [-0.05, 0) is 25.3 Å². The number of aromatic nitrogens is 5. The Bertz CT molecular complexity index is 1340. The van der Waals surface area contributed by atoms with Crippen molar-refractivity contribution in [3.05, 3.63) is 35.4 Å². The smallest absolute Gasteiger partial charge is 0.273 e. The topological polar surface area (TPSA) is 136 Å². The third kappa shape index (κ3) is 4.45. The molecule has 172 valence electrons. The minimum Gasteiger partial charge on any atom is -0.494 e. The van der Waals surface area contributed by atoms with Gasteiger partial charge in [0.15, 0.2) is 17.3 Å². The molecule has 0 unspecified atom stereocenters.